The van der Waals surface area contributed by atoms with Crippen LogP contribution in [0.25, 0.3) is 5.57 Å². The van der Waals surface area contributed by atoms with Crippen LogP contribution in [0.15, 0.2) is 12.3 Å². The van der Waals surface area contributed by atoms with Gasteiger partial charge in [-0.3, -0.25) is 4.79 Å². The summed E-state index contributed by atoms with van der Waals surface area (Å²) in [4.78, 5) is 11.5. The smallest absolute Gasteiger partial charge is 0.156 e. The molecule has 0 atom stereocenters. The number of aromatic nitrogens is 3. The molecule has 2 rings (SSSR count). The molecule has 86 valence electrons. The van der Waals surface area contributed by atoms with Gasteiger partial charge in [-0.05, 0) is 37.3 Å². The molecular formula is C12H17N3O. The first-order valence-electron chi connectivity index (χ1n) is 5.93. The SMILES string of the molecule is CCCn1nncc1C1=CC(=O)CCCC1. The van der Waals surface area contributed by atoms with E-state index in [2.05, 4.69) is 17.2 Å². The van der Waals surface area contributed by atoms with Crippen LogP contribution < -0.4 is 0 Å². The van der Waals surface area contributed by atoms with Crippen molar-refractivity contribution in [3.63, 3.8) is 0 Å². The third-order valence-corrected chi connectivity index (χ3v) is 2.84. The van der Waals surface area contributed by atoms with Gasteiger partial charge in [0.1, 0.15) is 0 Å². The minimum Gasteiger partial charge on any atom is -0.295 e. The van der Waals surface area contributed by atoms with Crippen LogP contribution in [0.3, 0.4) is 0 Å². The van der Waals surface area contributed by atoms with Gasteiger partial charge in [0.05, 0.1) is 11.9 Å². The Bertz CT molecular complexity index is 406. The van der Waals surface area contributed by atoms with Crippen LogP contribution in [-0.2, 0) is 11.3 Å². The van der Waals surface area contributed by atoms with Crippen LogP contribution in [0, 0.1) is 0 Å². The van der Waals surface area contributed by atoms with E-state index >= 15 is 0 Å². The van der Waals surface area contributed by atoms with Crippen molar-refractivity contribution in [1.82, 2.24) is 15.0 Å². The second-order valence-electron chi connectivity index (χ2n) is 4.19. The summed E-state index contributed by atoms with van der Waals surface area (Å²) in [6.07, 6.45) is 8.28. The zero-order valence-electron chi connectivity index (χ0n) is 9.65. The predicted octanol–water partition coefficient (Wildman–Crippen LogP) is 2.21. The lowest BCUT2D eigenvalue weighted by molar-refractivity contribution is -0.114. The molecule has 0 aliphatic heterocycles. The molecule has 0 bridgehead atoms. The Balaban J connectivity index is 2.27. The summed E-state index contributed by atoms with van der Waals surface area (Å²) < 4.78 is 1.89. The molecule has 0 saturated carbocycles. The normalized spacial score (nSPS) is 17.1. The highest BCUT2D eigenvalue weighted by atomic mass is 16.1. The lowest BCUT2D eigenvalue weighted by Crippen LogP contribution is -2.04. The van der Waals surface area contributed by atoms with E-state index in [1.807, 2.05) is 4.68 Å². The third kappa shape index (κ3) is 2.38. The Labute approximate surface area is 95.3 Å². The monoisotopic (exact) mass is 219 g/mol. The van der Waals surface area contributed by atoms with Crippen LogP contribution in [0.5, 0.6) is 0 Å². The summed E-state index contributed by atoms with van der Waals surface area (Å²) >= 11 is 0. The maximum absolute atomic E-state index is 11.5. The summed E-state index contributed by atoms with van der Waals surface area (Å²) in [5, 5.41) is 7.98. The van der Waals surface area contributed by atoms with Crippen molar-refractivity contribution in [2.75, 3.05) is 0 Å². The van der Waals surface area contributed by atoms with E-state index < -0.39 is 0 Å². The summed E-state index contributed by atoms with van der Waals surface area (Å²) in [6.45, 7) is 2.97. The van der Waals surface area contributed by atoms with Gasteiger partial charge >= 0.3 is 0 Å². The first-order chi connectivity index (χ1) is 7.81. The number of allylic oxidation sites excluding steroid dienone is 2. The first-order valence-corrected chi connectivity index (χ1v) is 5.93. The predicted molar refractivity (Wildman–Crippen MR) is 61.8 cm³/mol. The third-order valence-electron chi connectivity index (χ3n) is 2.84. The molecule has 1 aromatic heterocycles. The molecule has 0 saturated heterocycles. The number of hydrogen-bond donors (Lipinski definition) is 0. The van der Waals surface area contributed by atoms with Crippen molar-refractivity contribution in [2.24, 2.45) is 0 Å². The highest BCUT2D eigenvalue weighted by Gasteiger charge is 2.13. The molecule has 0 amide bonds. The second-order valence-corrected chi connectivity index (χ2v) is 4.19. The molecule has 4 heteroatoms. The number of rotatable bonds is 3. The molecule has 0 unspecified atom stereocenters. The fourth-order valence-corrected chi connectivity index (χ4v) is 2.04. The van der Waals surface area contributed by atoms with Crippen molar-refractivity contribution < 1.29 is 4.79 Å². The van der Waals surface area contributed by atoms with Crippen LogP contribution >= 0.6 is 0 Å². The standard InChI is InChI=1S/C12H17N3O/c1-2-7-15-12(9-13-14-15)10-5-3-4-6-11(16)8-10/h8-9H,2-7H2,1H3. The minimum absolute atomic E-state index is 0.233. The highest BCUT2D eigenvalue weighted by Crippen LogP contribution is 2.24. The highest BCUT2D eigenvalue weighted by molar-refractivity contribution is 5.96. The zero-order valence-corrected chi connectivity index (χ0v) is 9.65. The second kappa shape index (κ2) is 5.05. The summed E-state index contributed by atoms with van der Waals surface area (Å²) in [7, 11) is 0. The van der Waals surface area contributed by atoms with E-state index in [1.165, 1.54) is 0 Å². The van der Waals surface area contributed by atoms with Crippen LogP contribution in [0.1, 0.15) is 44.7 Å². The maximum Gasteiger partial charge on any atom is 0.156 e. The number of hydrogen-bond acceptors (Lipinski definition) is 3. The Morgan fingerprint density at radius 3 is 3.00 bits per heavy atom. The topological polar surface area (TPSA) is 47.8 Å². The van der Waals surface area contributed by atoms with E-state index in [4.69, 9.17) is 0 Å². The van der Waals surface area contributed by atoms with E-state index in [0.717, 1.165) is 43.5 Å². The molecule has 16 heavy (non-hydrogen) atoms. The van der Waals surface area contributed by atoms with E-state index in [1.54, 1.807) is 12.3 Å². The lowest BCUT2D eigenvalue weighted by atomic mass is 10.1. The van der Waals surface area contributed by atoms with Gasteiger partial charge in [0.2, 0.25) is 0 Å². The van der Waals surface area contributed by atoms with Crippen molar-refractivity contribution in [1.29, 1.82) is 0 Å². The molecule has 1 aliphatic carbocycles. The number of carbonyl (C=O) groups is 1. The summed E-state index contributed by atoms with van der Waals surface area (Å²) in [5.41, 5.74) is 2.11. The van der Waals surface area contributed by atoms with Crippen molar-refractivity contribution in [3.8, 4) is 0 Å². The van der Waals surface area contributed by atoms with E-state index in [0.29, 0.717) is 6.42 Å². The number of carbonyl (C=O) groups excluding carboxylic acids is 1. The summed E-state index contributed by atoms with van der Waals surface area (Å²) in [5.74, 6) is 0.233. The van der Waals surface area contributed by atoms with Gasteiger partial charge in [-0.1, -0.05) is 12.1 Å². The fourth-order valence-electron chi connectivity index (χ4n) is 2.04. The van der Waals surface area contributed by atoms with Gasteiger partial charge < -0.3 is 0 Å². The Kier molecular flexibility index (Phi) is 3.49. The molecular weight excluding hydrogens is 202 g/mol. The van der Waals surface area contributed by atoms with Gasteiger partial charge in [0.25, 0.3) is 0 Å². The Morgan fingerprint density at radius 2 is 2.19 bits per heavy atom. The number of aryl methyl sites for hydroxylation is 1. The molecule has 0 radical (unpaired) electrons. The molecule has 0 N–H and O–H groups in total. The molecule has 1 aliphatic rings. The zero-order chi connectivity index (χ0) is 11.4. The summed E-state index contributed by atoms with van der Waals surface area (Å²) in [6, 6.07) is 0. The quantitative estimate of drug-likeness (QED) is 0.783. The molecule has 0 aromatic carbocycles. The van der Waals surface area contributed by atoms with Gasteiger partial charge in [-0.2, -0.15) is 0 Å². The first kappa shape index (κ1) is 11.0. The van der Waals surface area contributed by atoms with Gasteiger partial charge in [-0.25, -0.2) is 4.68 Å². The fraction of sp³-hybridized carbons (Fsp3) is 0.583. The minimum atomic E-state index is 0.233. The molecule has 0 spiro atoms. The molecule has 1 heterocycles. The number of ketones is 1. The van der Waals surface area contributed by atoms with Crippen LogP contribution in [0.4, 0.5) is 0 Å². The van der Waals surface area contributed by atoms with Crippen molar-refractivity contribution >= 4 is 11.4 Å². The Morgan fingerprint density at radius 1 is 1.38 bits per heavy atom. The van der Waals surface area contributed by atoms with E-state index in [-0.39, 0.29) is 5.78 Å². The Hall–Kier alpha value is -1.45. The maximum atomic E-state index is 11.5. The van der Waals surface area contributed by atoms with Crippen LogP contribution in [0.2, 0.25) is 0 Å². The van der Waals surface area contributed by atoms with Gasteiger partial charge in [-0.15, -0.1) is 5.10 Å². The average Bonchev–Trinajstić information content (AvgIpc) is 2.61. The van der Waals surface area contributed by atoms with Crippen molar-refractivity contribution in [2.45, 2.75) is 45.6 Å². The van der Waals surface area contributed by atoms with E-state index in [9.17, 15) is 4.79 Å². The molecule has 4 nitrogen and oxygen atoms in total. The van der Waals surface area contributed by atoms with Crippen molar-refractivity contribution in [3.05, 3.63) is 18.0 Å². The molecule has 1 aromatic rings. The van der Waals surface area contributed by atoms with Gasteiger partial charge in [0.15, 0.2) is 5.78 Å². The van der Waals surface area contributed by atoms with Gasteiger partial charge in [0, 0.05) is 13.0 Å². The molecule has 0 fully saturated rings. The number of nitrogens with zero attached hydrogens (tertiary/aromatic N) is 3. The average molecular weight is 219 g/mol. The van der Waals surface area contributed by atoms with Crippen LogP contribution in [-0.4, -0.2) is 20.8 Å². The largest absolute Gasteiger partial charge is 0.295 e. The lowest BCUT2D eigenvalue weighted by Gasteiger charge is -2.06.